The molecule has 2 N–H and O–H groups in total. The maximum Gasteiger partial charge on any atom is 0.333 e. The van der Waals surface area contributed by atoms with Crippen LogP contribution < -0.4 is 4.90 Å². The van der Waals surface area contributed by atoms with Crippen molar-refractivity contribution in [2.75, 3.05) is 25.1 Å². The Bertz CT molecular complexity index is 677. The van der Waals surface area contributed by atoms with E-state index < -0.39 is 5.97 Å². The quantitative estimate of drug-likeness (QED) is 0.658. The molecule has 7 heteroatoms. The van der Waals surface area contributed by atoms with Crippen LogP contribution in [0.5, 0.6) is 0 Å². The van der Waals surface area contributed by atoms with Crippen LogP contribution in [0.2, 0.25) is 0 Å². The van der Waals surface area contributed by atoms with Gasteiger partial charge in [0.25, 0.3) is 5.70 Å². The molecule has 2 heterocycles. The summed E-state index contributed by atoms with van der Waals surface area (Å²) < 4.78 is 2.10. The Balaban J connectivity index is 2.31. The monoisotopic (exact) mass is 308 g/mol. The summed E-state index contributed by atoms with van der Waals surface area (Å²) in [5.74, 6) is -1.21. The number of anilines is 1. The van der Waals surface area contributed by atoms with Gasteiger partial charge in [0.1, 0.15) is 0 Å². The molecule has 104 valence electrons. The zero-order valence-corrected chi connectivity index (χ0v) is 12.3. The average molecular weight is 308 g/mol. The number of aliphatic hydroxyl groups excluding tert-OH is 1. The van der Waals surface area contributed by atoms with Gasteiger partial charge in [-0.05, 0) is 18.2 Å². The first kappa shape index (κ1) is 14.5. The van der Waals surface area contributed by atoms with Gasteiger partial charge < -0.3 is 15.1 Å². The number of rotatable bonds is 5. The first-order valence-corrected chi connectivity index (χ1v) is 7.36. The average Bonchev–Trinajstić information content (AvgIpc) is 2.93. The van der Waals surface area contributed by atoms with E-state index in [1.807, 2.05) is 24.1 Å². The topological polar surface area (TPSA) is 65.1 Å². The summed E-state index contributed by atoms with van der Waals surface area (Å²) >= 11 is 3.03. The summed E-state index contributed by atoms with van der Waals surface area (Å²) in [4.78, 5) is 16.5. The highest BCUT2D eigenvalue weighted by Gasteiger charge is 2.11. The number of carboxylic acids is 1. The molecule has 2 rings (SSSR count). The van der Waals surface area contributed by atoms with Crippen molar-refractivity contribution in [2.24, 2.45) is 0 Å². The van der Waals surface area contributed by atoms with Crippen LogP contribution in [0.4, 0.5) is 5.00 Å². The molecule has 0 unspecified atom stereocenters. The molecular weight excluding hydrogens is 296 g/mol. The Morgan fingerprint density at radius 3 is 2.70 bits per heavy atom. The van der Waals surface area contributed by atoms with Crippen molar-refractivity contribution in [2.45, 2.75) is 0 Å². The van der Waals surface area contributed by atoms with Crippen LogP contribution in [0.15, 0.2) is 17.8 Å². The van der Waals surface area contributed by atoms with Crippen LogP contribution in [-0.2, 0) is 4.79 Å². The summed E-state index contributed by atoms with van der Waals surface area (Å²) in [7, 11) is 1.91. The van der Waals surface area contributed by atoms with E-state index in [1.54, 1.807) is 11.3 Å². The fourth-order valence-electron chi connectivity index (χ4n) is 1.64. The van der Waals surface area contributed by atoms with Gasteiger partial charge in [-0.3, -0.25) is 4.79 Å². The van der Waals surface area contributed by atoms with Gasteiger partial charge in [-0.1, -0.05) is 0 Å². The molecule has 0 aliphatic rings. The molecule has 2 aromatic rings. The van der Waals surface area contributed by atoms with Gasteiger partial charge in [-0.15, -0.1) is 22.7 Å². The van der Waals surface area contributed by atoms with E-state index >= 15 is 0 Å². The van der Waals surface area contributed by atoms with Crippen molar-refractivity contribution in [3.05, 3.63) is 34.1 Å². The number of fused-ring (bicyclic) bond motifs is 1. The zero-order valence-electron chi connectivity index (χ0n) is 10.7. The minimum atomic E-state index is -1.21. The summed E-state index contributed by atoms with van der Waals surface area (Å²) in [6.45, 7) is 7.50. The van der Waals surface area contributed by atoms with Crippen LogP contribution in [0.25, 0.3) is 20.3 Å². The molecular formula is C13H12N2O3S2. The lowest BCUT2D eigenvalue weighted by Crippen LogP contribution is -2.19. The molecule has 0 fully saturated rings. The summed E-state index contributed by atoms with van der Waals surface area (Å²) in [6, 6.07) is 3.89. The van der Waals surface area contributed by atoms with E-state index in [9.17, 15) is 4.79 Å². The van der Waals surface area contributed by atoms with Gasteiger partial charge in [0.15, 0.2) is 0 Å². The minimum absolute atomic E-state index is 0.100. The van der Waals surface area contributed by atoms with Crippen molar-refractivity contribution in [1.29, 1.82) is 0 Å². The fourth-order valence-corrected chi connectivity index (χ4v) is 3.96. The SMILES string of the molecule is [C-]#[N+]/C(=C\c1cc2sc(N(C)CCO)cc2s1)C(=O)O. The molecule has 0 radical (unpaired) electrons. The lowest BCUT2D eigenvalue weighted by Gasteiger charge is -2.14. The van der Waals surface area contributed by atoms with E-state index in [1.165, 1.54) is 17.4 Å². The number of hydrogen-bond donors (Lipinski definition) is 2. The van der Waals surface area contributed by atoms with Gasteiger partial charge in [-0.25, -0.2) is 4.85 Å². The van der Waals surface area contributed by atoms with Crippen LogP contribution in [0, 0.1) is 6.57 Å². The third kappa shape index (κ3) is 2.99. The van der Waals surface area contributed by atoms with Crippen LogP contribution in [0.1, 0.15) is 4.88 Å². The predicted octanol–water partition coefficient (Wildman–Crippen LogP) is 2.74. The summed E-state index contributed by atoms with van der Waals surface area (Å²) in [6.07, 6.45) is 1.39. The lowest BCUT2D eigenvalue weighted by molar-refractivity contribution is -0.132. The molecule has 5 nitrogen and oxygen atoms in total. The van der Waals surface area contributed by atoms with Gasteiger partial charge in [0, 0.05) is 27.9 Å². The van der Waals surface area contributed by atoms with E-state index in [-0.39, 0.29) is 12.3 Å². The standard InChI is InChI=1S/C13H12N2O3S2/c1-14-9(13(17)18)5-8-6-10-11(19-8)7-12(20-10)15(2)3-4-16/h5-7,16H,3-4H2,2H3,(H,17,18)/b9-5-. The van der Waals surface area contributed by atoms with Gasteiger partial charge >= 0.3 is 5.97 Å². The number of carbonyl (C=O) groups is 1. The van der Waals surface area contributed by atoms with Crippen molar-refractivity contribution >= 4 is 49.1 Å². The normalized spacial score (nSPS) is 11.6. The van der Waals surface area contributed by atoms with Gasteiger partial charge in [0.2, 0.25) is 0 Å². The molecule has 0 bridgehead atoms. The van der Waals surface area contributed by atoms with Crippen molar-refractivity contribution in [3.63, 3.8) is 0 Å². The van der Waals surface area contributed by atoms with Crippen molar-refractivity contribution < 1.29 is 15.0 Å². The smallest absolute Gasteiger partial charge is 0.333 e. The van der Waals surface area contributed by atoms with Crippen molar-refractivity contribution in [3.8, 4) is 0 Å². The Hall–Kier alpha value is -1.88. The minimum Gasteiger partial charge on any atom is -0.486 e. The second kappa shape index (κ2) is 6.05. The first-order valence-electron chi connectivity index (χ1n) is 5.73. The molecule has 20 heavy (non-hydrogen) atoms. The van der Waals surface area contributed by atoms with E-state index in [4.69, 9.17) is 16.8 Å². The maximum absolute atomic E-state index is 10.8. The van der Waals surface area contributed by atoms with Crippen molar-refractivity contribution in [1.82, 2.24) is 0 Å². The Kier molecular flexibility index (Phi) is 4.39. The molecule has 0 aliphatic carbocycles. The van der Waals surface area contributed by atoms with E-state index in [0.717, 1.165) is 19.3 Å². The number of aliphatic carboxylic acids is 1. The molecule has 0 atom stereocenters. The van der Waals surface area contributed by atoms with E-state index in [0.29, 0.717) is 6.54 Å². The number of nitrogens with zero attached hydrogens (tertiary/aromatic N) is 2. The molecule has 0 spiro atoms. The van der Waals surface area contributed by atoms with Gasteiger partial charge in [-0.2, -0.15) is 0 Å². The Labute approximate surface area is 123 Å². The molecule has 0 saturated carbocycles. The third-order valence-corrected chi connectivity index (χ3v) is 5.00. The third-order valence-electron chi connectivity index (χ3n) is 2.64. The fraction of sp³-hybridized carbons (Fsp3) is 0.231. The molecule has 0 aromatic carbocycles. The predicted molar refractivity (Wildman–Crippen MR) is 82.3 cm³/mol. The number of hydrogen-bond acceptors (Lipinski definition) is 5. The number of likely N-dealkylation sites (N-methyl/N-ethyl adjacent to an activating group) is 1. The molecule has 2 aromatic heterocycles. The first-order chi connectivity index (χ1) is 9.55. The zero-order chi connectivity index (χ0) is 14.7. The van der Waals surface area contributed by atoms with Gasteiger partial charge in [0.05, 0.1) is 18.2 Å². The number of carboxylic acid groups (broad SMARTS) is 1. The Morgan fingerprint density at radius 2 is 2.15 bits per heavy atom. The molecule has 0 saturated heterocycles. The highest BCUT2D eigenvalue weighted by molar-refractivity contribution is 7.30. The largest absolute Gasteiger partial charge is 0.486 e. The number of thiophene rings is 2. The second-order valence-corrected chi connectivity index (χ2v) is 6.23. The van der Waals surface area contributed by atoms with E-state index in [2.05, 4.69) is 4.85 Å². The summed E-state index contributed by atoms with van der Waals surface area (Å²) in [5, 5.41) is 18.8. The second-order valence-electron chi connectivity index (χ2n) is 4.05. The highest BCUT2D eigenvalue weighted by atomic mass is 32.1. The maximum atomic E-state index is 10.8. The molecule has 0 amide bonds. The van der Waals surface area contributed by atoms with Crippen LogP contribution >= 0.6 is 22.7 Å². The summed E-state index contributed by atoms with van der Waals surface area (Å²) in [5.41, 5.74) is -0.281. The highest BCUT2D eigenvalue weighted by Crippen LogP contribution is 2.38. The number of aliphatic hydroxyl groups is 1. The Morgan fingerprint density at radius 1 is 1.45 bits per heavy atom. The lowest BCUT2D eigenvalue weighted by atomic mass is 10.3. The van der Waals surface area contributed by atoms with Crippen LogP contribution in [0.3, 0.4) is 0 Å². The molecule has 0 aliphatic heterocycles. The van der Waals surface area contributed by atoms with Crippen LogP contribution in [-0.4, -0.2) is 36.4 Å².